The molecule has 25 heavy (non-hydrogen) atoms. The molecule has 0 saturated carbocycles. The van der Waals surface area contributed by atoms with Crippen molar-refractivity contribution in [3.05, 3.63) is 89.5 Å². The molecule has 4 rings (SSSR count). The van der Waals surface area contributed by atoms with Gasteiger partial charge in [0.1, 0.15) is 0 Å². The molecular formula is C22H23N3. The summed E-state index contributed by atoms with van der Waals surface area (Å²) in [6.07, 6.45) is 0. The number of hydrogen-bond donors (Lipinski definition) is 1. The largest absolute Gasteiger partial charge is 0.397 e. The lowest BCUT2D eigenvalue weighted by Crippen LogP contribution is -2.35. The number of para-hydroxylation sites is 3. The Morgan fingerprint density at radius 1 is 0.840 bits per heavy atom. The Morgan fingerprint density at radius 3 is 2.24 bits per heavy atom. The summed E-state index contributed by atoms with van der Waals surface area (Å²) in [5.74, 6) is 0. The zero-order valence-corrected chi connectivity index (χ0v) is 14.7. The smallest absolute Gasteiger partial charge is 0.0810 e. The molecule has 0 aliphatic carbocycles. The van der Waals surface area contributed by atoms with Gasteiger partial charge < -0.3 is 5.73 Å². The van der Waals surface area contributed by atoms with Crippen molar-refractivity contribution in [2.24, 2.45) is 0 Å². The van der Waals surface area contributed by atoms with Crippen LogP contribution in [0, 0.1) is 6.92 Å². The van der Waals surface area contributed by atoms with Crippen LogP contribution in [0.25, 0.3) is 0 Å². The molecule has 0 amide bonds. The van der Waals surface area contributed by atoms with E-state index in [1.54, 1.807) is 0 Å². The summed E-state index contributed by atoms with van der Waals surface area (Å²) in [6.45, 7) is 5.28. The predicted molar refractivity (Wildman–Crippen MR) is 105 cm³/mol. The first kappa shape index (κ1) is 15.7. The van der Waals surface area contributed by atoms with Crippen molar-refractivity contribution in [3.8, 4) is 0 Å². The summed E-state index contributed by atoms with van der Waals surface area (Å²) in [7, 11) is 0. The Hall–Kier alpha value is -2.78. The maximum Gasteiger partial charge on any atom is 0.0810 e. The molecule has 0 saturated heterocycles. The minimum absolute atomic E-state index is 0.287. The van der Waals surface area contributed by atoms with Crippen molar-refractivity contribution in [1.29, 1.82) is 0 Å². The van der Waals surface area contributed by atoms with Gasteiger partial charge in [-0.1, -0.05) is 54.6 Å². The Balaban J connectivity index is 1.82. The van der Waals surface area contributed by atoms with Crippen LogP contribution in [0.2, 0.25) is 0 Å². The van der Waals surface area contributed by atoms with E-state index in [0.717, 1.165) is 17.9 Å². The van der Waals surface area contributed by atoms with Gasteiger partial charge in [0.25, 0.3) is 0 Å². The third kappa shape index (κ3) is 2.67. The standard InChI is InChI=1S/C22H23N3/c1-16-9-3-4-10-18(16)15-24-17(2)19-11-5-7-13-21(19)25(24)22-14-8-6-12-20(22)23/h3-14,17H,15,23H2,1-2H3. The number of hydrazine groups is 1. The minimum atomic E-state index is 0.287. The van der Waals surface area contributed by atoms with E-state index >= 15 is 0 Å². The van der Waals surface area contributed by atoms with Gasteiger partial charge in [0.15, 0.2) is 0 Å². The van der Waals surface area contributed by atoms with Crippen molar-refractivity contribution in [1.82, 2.24) is 5.01 Å². The average Bonchev–Trinajstić information content (AvgIpc) is 2.90. The van der Waals surface area contributed by atoms with Gasteiger partial charge in [-0.2, -0.15) is 0 Å². The predicted octanol–water partition coefficient (Wildman–Crippen LogP) is 5.21. The lowest BCUT2D eigenvalue weighted by Gasteiger charge is -2.34. The number of anilines is 3. The number of rotatable bonds is 3. The first-order chi connectivity index (χ1) is 12.2. The molecule has 1 unspecified atom stereocenters. The van der Waals surface area contributed by atoms with Crippen molar-refractivity contribution >= 4 is 17.1 Å². The van der Waals surface area contributed by atoms with Crippen LogP contribution in [-0.2, 0) is 6.54 Å². The highest BCUT2D eigenvalue weighted by Crippen LogP contribution is 2.46. The second-order valence-corrected chi connectivity index (χ2v) is 6.63. The van der Waals surface area contributed by atoms with E-state index in [1.165, 1.54) is 22.4 Å². The number of nitrogens with two attached hydrogens (primary N) is 1. The number of benzene rings is 3. The maximum atomic E-state index is 6.32. The van der Waals surface area contributed by atoms with Crippen LogP contribution in [0.15, 0.2) is 72.8 Å². The molecule has 126 valence electrons. The van der Waals surface area contributed by atoms with Gasteiger partial charge in [-0.3, -0.25) is 5.01 Å². The molecule has 0 bridgehead atoms. The Labute approximate surface area is 149 Å². The van der Waals surface area contributed by atoms with Crippen LogP contribution >= 0.6 is 0 Å². The maximum absolute atomic E-state index is 6.32. The van der Waals surface area contributed by atoms with Gasteiger partial charge in [0.2, 0.25) is 0 Å². The summed E-state index contributed by atoms with van der Waals surface area (Å²) in [6, 6.07) is 25.5. The Bertz CT molecular complexity index is 903. The van der Waals surface area contributed by atoms with Gasteiger partial charge in [-0.15, -0.1) is 0 Å². The van der Waals surface area contributed by atoms with Crippen LogP contribution in [0.1, 0.15) is 29.7 Å². The van der Waals surface area contributed by atoms with E-state index in [1.807, 2.05) is 18.2 Å². The molecule has 3 aromatic carbocycles. The molecule has 3 nitrogen and oxygen atoms in total. The van der Waals surface area contributed by atoms with Crippen LogP contribution in [0.4, 0.5) is 17.1 Å². The first-order valence-electron chi connectivity index (χ1n) is 8.71. The molecule has 1 heterocycles. The molecule has 3 heteroatoms. The number of hydrogen-bond acceptors (Lipinski definition) is 3. The van der Waals surface area contributed by atoms with Crippen molar-refractivity contribution in [2.45, 2.75) is 26.4 Å². The minimum Gasteiger partial charge on any atom is -0.397 e. The molecule has 1 aliphatic rings. The second kappa shape index (κ2) is 6.26. The lowest BCUT2D eigenvalue weighted by molar-refractivity contribution is 0.227. The van der Waals surface area contributed by atoms with Crippen LogP contribution < -0.4 is 10.7 Å². The van der Waals surface area contributed by atoms with Gasteiger partial charge >= 0.3 is 0 Å². The third-order valence-corrected chi connectivity index (χ3v) is 5.08. The quantitative estimate of drug-likeness (QED) is 0.670. The molecule has 0 spiro atoms. The monoisotopic (exact) mass is 329 g/mol. The second-order valence-electron chi connectivity index (χ2n) is 6.63. The van der Waals surface area contributed by atoms with Crippen LogP contribution in [0.3, 0.4) is 0 Å². The molecule has 1 aliphatic heterocycles. The van der Waals surface area contributed by atoms with E-state index in [9.17, 15) is 0 Å². The molecule has 0 fully saturated rings. The number of nitrogen functional groups attached to an aromatic ring is 1. The summed E-state index contributed by atoms with van der Waals surface area (Å²) in [5.41, 5.74) is 13.3. The van der Waals surface area contributed by atoms with Gasteiger partial charge in [-0.05, 0) is 48.7 Å². The van der Waals surface area contributed by atoms with Gasteiger partial charge in [-0.25, -0.2) is 5.01 Å². The van der Waals surface area contributed by atoms with Gasteiger partial charge in [0.05, 0.1) is 23.1 Å². The molecule has 0 aromatic heterocycles. The number of aryl methyl sites for hydroxylation is 1. The van der Waals surface area contributed by atoms with Crippen molar-refractivity contribution in [3.63, 3.8) is 0 Å². The molecular weight excluding hydrogens is 306 g/mol. The number of fused-ring (bicyclic) bond motifs is 1. The SMILES string of the molecule is Cc1ccccc1CN1C(C)c2ccccc2N1c1ccccc1N. The molecule has 3 aromatic rings. The van der Waals surface area contributed by atoms with Crippen LogP contribution in [-0.4, -0.2) is 5.01 Å². The van der Waals surface area contributed by atoms with E-state index in [2.05, 4.69) is 78.5 Å². The third-order valence-electron chi connectivity index (χ3n) is 5.08. The van der Waals surface area contributed by atoms with E-state index in [-0.39, 0.29) is 6.04 Å². The Kier molecular flexibility index (Phi) is 3.94. The highest BCUT2D eigenvalue weighted by atomic mass is 15.7. The summed E-state index contributed by atoms with van der Waals surface area (Å²) in [4.78, 5) is 0. The zero-order chi connectivity index (χ0) is 17.4. The van der Waals surface area contributed by atoms with Crippen molar-refractivity contribution in [2.75, 3.05) is 10.7 Å². The lowest BCUT2D eigenvalue weighted by atomic mass is 10.1. The van der Waals surface area contributed by atoms with Crippen molar-refractivity contribution < 1.29 is 0 Å². The fraction of sp³-hybridized carbons (Fsp3) is 0.182. The fourth-order valence-corrected chi connectivity index (χ4v) is 3.62. The highest BCUT2D eigenvalue weighted by molar-refractivity contribution is 5.77. The Morgan fingerprint density at radius 2 is 1.48 bits per heavy atom. The highest BCUT2D eigenvalue weighted by Gasteiger charge is 2.35. The normalized spacial score (nSPS) is 16.9. The number of nitrogens with zero attached hydrogens (tertiary/aromatic N) is 2. The van der Waals surface area contributed by atoms with E-state index < -0.39 is 0 Å². The summed E-state index contributed by atoms with van der Waals surface area (Å²) >= 11 is 0. The zero-order valence-electron chi connectivity index (χ0n) is 14.7. The average molecular weight is 329 g/mol. The van der Waals surface area contributed by atoms with E-state index in [0.29, 0.717) is 0 Å². The fourth-order valence-electron chi connectivity index (χ4n) is 3.62. The molecule has 2 N–H and O–H groups in total. The van der Waals surface area contributed by atoms with Gasteiger partial charge in [0, 0.05) is 6.54 Å². The summed E-state index contributed by atoms with van der Waals surface area (Å²) < 4.78 is 0. The topological polar surface area (TPSA) is 32.5 Å². The summed E-state index contributed by atoms with van der Waals surface area (Å²) in [5, 5.41) is 4.68. The first-order valence-corrected chi connectivity index (χ1v) is 8.71. The molecule has 0 radical (unpaired) electrons. The van der Waals surface area contributed by atoms with Crippen LogP contribution in [0.5, 0.6) is 0 Å². The van der Waals surface area contributed by atoms with E-state index in [4.69, 9.17) is 5.73 Å². The molecule has 1 atom stereocenters.